The van der Waals surface area contributed by atoms with Crippen molar-refractivity contribution in [3.8, 4) is 0 Å². The van der Waals surface area contributed by atoms with Crippen LogP contribution in [0.2, 0.25) is 0 Å². The summed E-state index contributed by atoms with van der Waals surface area (Å²) in [6, 6.07) is 0. The van der Waals surface area contributed by atoms with Gasteiger partial charge in [-0.25, -0.2) is 8.78 Å². The standard InChI is InChI=1S/C7H9F2N/c8-6-3-1-2-5(4-10)7(6)9/h3H,1-2,4,10H2. The minimum atomic E-state index is -0.758. The number of rotatable bonds is 1. The quantitative estimate of drug-likeness (QED) is 0.598. The third-order valence-corrected chi connectivity index (χ3v) is 1.54. The Morgan fingerprint density at radius 3 is 2.70 bits per heavy atom. The summed E-state index contributed by atoms with van der Waals surface area (Å²) in [5.74, 6) is -1.51. The van der Waals surface area contributed by atoms with Gasteiger partial charge in [0.2, 0.25) is 0 Å². The van der Waals surface area contributed by atoms with Crippen LogP contribution < -0.4 is 5.73 Å². The summed E-state index contributed by atoms with van der Waals surface area (Å²) in [6.07, 6.45) is 2.36. The Morgan fingerprint density at radius 2 is 2.20 bits per heavy atom. The summed E-state index contributed by atoms with van der Waals surface area (Å²) in [7, 11) is 0. The smallest absolute Gasteiger partial charge is 0.158 e. The molecule has 0 saturated carbocycles. The lowest BCUT2D eigenvalue weighted by Gasteiger charge is -2.08. The average molecular weight is 145 g/mol. The highest BCUT2D eigenvalue weighted by Gasteiger charge is 2.13. The van der Waals surface area contributed by atoms with Crippen molar-refractivity contribution in [2.45, 2.75) is 12.8 Å². The maximum atomic E-state index is 12.6. The van der Waals surface area contributed by atoms with Gasteiger partial charge in [-0.15, -0.1) is 0 Å². The van der Waals surface area contributed by atoms with Crippen molar-refractivity contribution in [3.05, 3.63) is 23.3 Å². The molecule has 0 radical (unpaired) electrons. The Kier molecular flexibility index (Phi) is 2.17. The molecule has 56 valence electrons. The Morgan fingerprint density at radius 1 is 1.50 bits per heavy atom. The highest BCUT2D eigenvalue weighted by molar-refractivity contribution is 5.29. The van der Waals surface area contributed by atoms with E-state index in [4.69, 9.17) is 5.73 Å². The van der Waals surface area contributed by atoms with E-state index in [1.54, 1.807) is 0 Å². The predicted octanol–water partition coefficient (Wildman–Crippen LogP) is 1.82. The molecule has 0 unspecified atom stereocenters. The Labute approximate surface area is 58.2 Å². The number of nitrogens with two attached hydrogens (primary N) is 1. The summed E-state index contributed by atoms with van der Waals surface area (Å²) in [4.78, 5) is 0. The number of allylic oxidation sites excluding steroid dienone is 3. The van der Waals surface area contributed by atoms with Gasteiger partial charge in [0.25, 0.3) is 0 Å². The second-order valence-corrected chi connectivity index (χ2v) is 2.21. The van der Waals surface area contributed by atoms with E-state index < -0.39 is 11.7 Å². The third-order valence-electron chi connectivity index (χ3n) is 1.54. The zero-order valence-corrected chi connectivity index (χ0v) is 5.53. The topological polar surface area (TPSA) is 26.0 Å². The van der Waals surface area contributed by atoms with Gasteiger partial charge < -0.3 is 5.73 Å². The van der Waals surface area contributed by atoms with Gasteiger partial charge in [-0.2, -0.15) is 0 Å². The molecule has 0 aromatic heterocycles. The van der Waals surface area contributed by atoms with Crippen LogP contribution in [0.3, 0.4) is 0 Å². The van der Waals surface area contributed by atoms with Crippen LogP contribution in [0.25, 0.3) is 0 Å². The van der Waals surface area contributed by atoms with E-state index in [1.807, 2.05) is 0 Å². The lowest BCUT2D eigenvalue weighted by molar-refractivity contribution is 0.517. The van der Waals surface area contributed by atoms with Gasteiger partial charge in [0.1, 0.15) is 0 Å². The van der Waals surface area contributed by atoms with Crippen molar-refractivity contribution < 1.29 is 8.78 Å². The van der Waals surface area contributed by atoms with E-state index in [0.717, 1.165) is 0 Å². The molecule has 0 atom stereocenters. The second kappa shape index (κ2) is 2.92. The summed E-state index contributed by atoms with van der Waals surface area (Å²) in [5.41, 5.74) is 5.55. The summed E-state index contributed by atoms with van der Waals surface area (Å²) in [5, 5.41) is 0. The molecule has 2 N–H and O–H groups in total. The molecule has 1 aliphatic carbocycles. The van der Waals surface area contributed by atoms with Crippen LogP contribution in [0.15, 0.2) is 23.3 Å². The van der Waals surface area contributed by atoms with Crippen molar-refractivity contribution in [3.63, 3.8) is 0 Å². The first kappa shape index (κ1) is 7.41. The van der Waals surface area contributed by atoms with Crippen LogP contribution >= 0.6 is 0 Å². The highest BCUT2D eigenvalue weighted by atomic mass is 19.2. The van der Waals surface area contributed by atoms with Crippen LogP contribution in [0.4, 0.5) is 8.78 Å². The lowest BCUT2D eigenvalue weighted by Crippen LogP contribution is -2.07. The van der Waals surface area contributed by atoms with E-state index in [9.17, 15) is 8.78 Å². The third kappa shape index (κ3) is 1.24. The molecule has 0 aliphatic heterocycles. The molecule has 10 heavy (non-hydrogen) atoms. The Bertz CT molecular complexity index is 194. The predicted molar refractivity (Wildman–Crippen MR) is 35.6 cm³/mol. The molecule has 0 bridgehead atoms. The fourth-order valence-electron chi connectivity index (χ4n) is 0.933. The number of hydrogen-bond donors (Lipinski definition) is 1. The number of halogens is 2. The molecule has 3 heteroatoms. The van der Waals surface area contributed by atoms with E-state index in [1.165, 1.54) is 6.08 Å². The maximum absolute atomic E-state index is 12.6. The van der Waals surface area contributed by atoms with Crippen LogP contribution in [0.5, 0.6) is 0 Å². The van der Waals surface area contributed by atoms with Gasteiger partial charge in [-0.1, -0.05) is 0 Å². The molecule has 0 saturated heterocycles. The minimum Gasteiger partial charge on any atom is -0.327 e. The van der Waals surface area contributed by atoms with Gasteiger partial charge in [0.15, 0.2) is 11.7 Å². The Balaban J connectivity index is 2.85. The number of hydrogen-bond acceptors (Lipinski definition) is 1. The van der Waals surface area contributed by atoms with Gasteiger partial charge in [-0.05, 0) is 24.5 Å². The van der Waals surface area contributed by atoms with Crippen molar-refractivity contribution in [2.75, 3.05) is 6.54 Å². The molecule has 0 heterocycles. The first-order valence-electron chi connectivity index (χ1n) is 3.19. The van der Waals surface area contributed by atoms with Crippen molar-refractivity contribution in [1.82, 2.24) is 0 Å². The van der Waals surface area contributed by atoms with Gasteiger partial charge in [0, 0.05) is 6.54 Å². The van der Waals surface area contributed by atoms with E-state index in [2.05, 4.69) is 0 Å². The average Bonchev–Trinajstić information content (AvgIpc) is 1.95. The van der Waals surface area contributed by atoms with Crippen LogP contribution in [0, 0.1) is 0 Å². The molecule has 0 fully saturated rings. The van der Waals surface area contributed by atoms with Crippen molar-refractivity contribution in [1.29, 1.82) is 0 Å². The normalized spacial score (nSPS) is 19.3. The van der Waals surface area contributed by atoms with E-state index in [-0.39, 0.29) is 6.54 Å². The molecular formula is C7H9F2N. The first-order valence-corrected chi connectivity index (χ1v) is 3.19. The summed E-state index contributed by atoms with van der Waals surface area (Å²) < 4.78 is 25.0. The molecule has 1 aliphatic rings. The SMILES string of the molecule is NCC1=C(F)C(F)=CCC1. The van der Waals surface area contributed by atoms with Gasteiger partial charge >= 0.3 is 0 Å². The van der Waals surface area contributed by atoms with Crippen LogP contribution in [-0.2, 0) is 0 Å². The molecular weight excluding hydrogens is 136 g/mol. The Hall–Kier alpha value is -0.700. The van der Waals surface area contributed by atoms with Crippen LogP contribution in [-0.4, -0.2) is 6.54 Å². The zero-order valence-electron chi connectivity index (χ0n) is 5.53. The zero-order chi connectivity index (χ0) is 7.56. The van der Waals surface area contributed by atoms with Crippen molar-refractivity contribution in [2.24, 2.45) is 5.73 Å². The molecule has 0 amide bonds. The fourth-order valence-corrected chi connectivity index (χ4v) is 0.933. The maximum Gasteiger partial charge on any atom is 0.158 e. The summed E-state index contributed by atoms with van der Waals surface area (Å²) >= 11 is 0. The molecule has 0 aromatic rings. The summed E-state index contributed by atoms with van der Waals surface area (Å²) in [6.45, 7) is 0.118. The fraction of sp³-hybridized carbons (Fsp3) is 0.429. The van der Waals surface area contributed by atoms with Crippen LogP contribution in [0.1, 0.15) is 12.8 Å². The molecule has 0 spiro atoms. The highest BCUT2D eigenvalue weighted by Crippen LogP contribution is 2.25. The largest absolute Gasteiger partial charge is 0.327 e. The molecule has 1 rings (SSSR count). The monoisotopic (exact) mass is 145 g/mol. The minimum absolute atomic E-state index is 0.118. The molecule has 0 aromatic carbocycles. The second-order valence-electron chi connectivity index (χ2n) is 2.21. The van der Waals surface area contributed by atoms with Crippen molar-refractivity contribution >= 4 is 0 Å². The lowest BCUT2D eigenvalue weighted by atomic mass is 10.0. The molecule has 1 nitrogen and oxygen atoms in total. The first-order chi connectivity index (χ1) is 4.75. The van der Waals surface area contributed by atoms with E-state index >= 15 is 0 Å². The van der Waals surface area contributed by atoms with Gasteiger partial charge in [0.05, 0.1) is 0 Å². The van der Waals surface area contributed by atoms with E-state index in [0.29, 0.717) is 18.4 Å². The van der Waals surface area contributed by atoms with Gasteiger partial charge in [-0.3, -0.25) is 0 Å².